The van der Waals surface area contributed by atoms with Crippen molar-refractivity contribution in [3.8, 4) is 11.6 Å². The topological polar surface area (TPSA) is 73.0 Å². The molecule has 148 valence electrons. The van der Waals surface area contributed by atoms with E-state index in [0.717, 1.165) is 23.4 Å². The summed E-state index contributed by atoms with van der Waals surface area (Å²) in [6.45, 7) is 10.9. The van der Waals surface area contributed by atoms with Crippen LogP contribution < -0.4 is 5.32 Å². The average Bonchev–Trinajstić information content (AvgIpc) is 3.28. The molecule has 0 radical (unpaired) electrons. The van der Waals surface area contributed by atoms with Crippen LogP contribution in [0.5, 0.6) is 0 Å². The first-order chi connectivity index (χ1) is 13.3. The Morgan fingerprint density at radius 1 is 1.21 bits per heavy atom. The summed E-state index contributed by atoms with van der Waals surface area (Å²) in [5.74, 6) is 1.70. The number of furan rings is 1. The van der Waals surface area contributed by atoms with E-state index in [1.54, 1.807) is 6.26 Å². The second kappa shape index (κ2) is 8.65. The molecule has 1 aromatic carbocycles. The molecule has 1 unspecified atom stereocenters. The minimum absolute atomic E-state index is 0.0580. The van der Waals surface area contributed by atoms with Crippen molar-refractivity contribution in [3.63, 3.8) is 0 Å². The normalized spacial score (nSPS) is 12.4. The molecule has 1 amide bonds. The fraction of sp³-hybridized carbons (Fsp3) is 0.381. The molecule has 0 bridgehead atoms. The molecule has 1 N–H and O–H groups in total. The van der Waals surface area contributed by atoms with Crippen LogP contribution in [0.15, 0.2) is 46.2 Å². The highest BCUT2D eigenvalue weighted by molar-refractivity contribution is 8.00. The molecule has 2 aromatic heterocycles. The fourth-order valence-electron chi connectivity index (χ4n) is 2.81. The number of amides is 1. The standard InChI is InChI=1S/C21H26N4O2S/c1-13(2)12-25-19(18-7-6-10-27-18)23-24-21(25)28-16(5)20(26)22-17-11-14(3)8-9-15(17)4/h6-11,13,16H,12H2,1-5H3,(H,22,26). The quantitative estimate of drug-likeness (QED) is 0.571. The maximum absolute atomic E-state index is 12.7. The minimum Gasteiger partial charge on any atom is -0.461 e. The lowest BCUT2D eigenvalue weighted by atomic mass is 10.1. The number of nitrogens with zero attached hydrogens (tertiary/aromatic N) is 3. The lowest BCUT2D eigenvalue weighted by Crippen LogP contribution is -2.23. The van der Waals surface area contributed by atoms with Gasteiger partial charge in [0.1, 0.15) is 0 Å². The van der Waals surface area contributed by atoms with Crippen LogP contribution in [0, 0.1) is 19.8 Å². The minimum atomic E-state index is -0.320. The molecule has 28 heavy (non-hydrogen) atoms. The predicted octanol–water partition coefficient (Wildman–Crippen LogP) is 4.93. The maximum Gasteiger partial charge on any atom is 0.237 e. The number of carbonyl (C=O) groups excluding carboxylic acids is 1. The molecule has 1 atom stereocenters. The van der Waals surface area contributed by atoms with Crippen molar-refractivity contribution in [1.29, 1.82) is 0 Å². The van der Waals surface area contributed by atoms with Gasteiger partial charge in [-0.15, -0.1) is 10.2 Å². The van der Waals surface area contributed by atoms with E-state index in [2.05, 4.69) is 29.4 Å². The highest BCUT2D eigenvalue weighted by Crippen LogP contribution is 2.29. The van der Waals surface area contributed by atoms with Gasteiger partial charge in [0.25, 0.3) is 0 Å². The molecule has 0 aliphatic carbocycles. The number of nitrogens with one attached hydrogen (secondary N) is 1. The zero-order valence-corrected chi connectivity index (χ0v) is 17.7. The van der Waals surface area contributed by atoms with E-state index in [0.29, 0.717) is 22.7 Å². The Morgan fingerprint density at radius 2 is 2.00 bits per heavy atom. The molecule has 0 saturated heterocycles. The predicted molar refractivity (Wildman–Crippen MR) is 112 cm³/mol. The lowest BCUT2D eigenvalue weighted by molar-refractivity contribution is -0.115. The Morgan fingerprint density at radius 3 is 2.68 bits per heavy atom. The molecule has 2 heterocycles. The highest BCUT2D eigenvalue weighted by Gasteiger charge is 2.22. The van der Waals surface area contributed by atoms with Crippen molar-refractivity contribution < 1.29 is 9.21 Å². The van der Waals surface area contributed by atoms with Gasteiger partial charge in [0.05, 0.1) is 11.5 Å². The number of aryl methyl sites for hydroxylation is 2. The van der Waals surface area contributed by atoms with E-state index in [1.807, 2.05) is 55.7 Å². The van der Waals surface area contributed by atoms with Gasteiger partial charge in [-0.05, 0) is 56.0 Å². The highest BCUT2D eigenvalue weighted by atomic mass is 32.2. The van der Waals surface area contributed by atoms with Crippen LogP contribution >= 0.6 is 11.8 Å². The van der Waals surface area contributed by atoms with Gasteiger partial charge in [-0.1, -0.05) is 37.7 Å². The fourth-order valence-corrected chi connectivity index (χ4v) is 3.67. The van der Waals surface area contributed by atoms with E-state index >= 15 is 0 Å². The first-order valence-corrected chi connectivity index (χ1v) is 10.2. The molecule has 0 aliphatic rings. The van der Waals surface area contributed by atoms with Gasteiger partial charge in [-0.25, -0.2) is 0 Å². The van der Waals surface area contributed by atoms with Crippen LogP contribution in [0.3, 0.4) is 0 Å². The smallest absolute Gasteiger partial charge is 0.237 e. The Labute approximate surface area is 169 Å². The molecule has 6 nitrogen and oxygen atoms in total. The molecule has 0 spiro atoms. The molecule has 0 aliphatic heterocycles. The summed E-state index contributed by atoms with van der Waals surface area (Å²) < 4.78 is 7.52. The molecule has 3 rings (SSSR count). The molecule has 0 fully saturated rings. The number of anilines is 1. The third-order valence-electron chi connectivity index (χ3n) is 4.31. The largest absolute Gasteiger partial charge is 0.461 e. The Bertz CT molecular complexity index is 947. The van der Waals surface area contributed by atoms with Crippen molar-refractivity contribution in [2.24, 2.45) is 5.92 Å². The summed E-state index contributed by atoms with van der Waals surface area (Å²) in [4.78, 5) is 12.7. The number of thioether (sulfide) groups is 1. The lowest BCUT2D eigenvalue weighted by Gasteiger charge is -2.15. The van der Waals surface area contributed by atoms with Crippen molar-refractivity contribution in [2.75, 3.05) is 5.32 Å². The third-order valence-corrected chi connectivity index (χ3v) is 5.39. The number of aromatic nitrogens is 3. The van der Waals surface area contributed by atoms with Crippen LogP contribution in [0.1, 0.15) is 31.9 Å². The van der Waals surface area contributed by atoms with Gasteiger partial charge < -0.3 is 9.73 Å². The van der Waals surface area contributed by atoms with Gasteiger partial charge >= 0.3 is 0 Å². The van der Waals surface area contributed by atoms with Crippen molar-refractivity contribution in [1.82, 2.24) is 14.8 Å². The monoisotopic (exact) mass is 398 g/mol. The van der Waals surface area contributed by atoms with Crippen LogP contribution in [-0.4, -0.2) is 25.9 Å². The van der Waals surface area contributed by atoms with Crippen molar-refractivity contribution >= 4 is 23.4 Å². The summed E-state index contributed by atoms with van der Waals surface area (Å²) in [6, 6.07) is 9.73. The first-order valence-electron chi connectivity index (χ1n) is 9.37. The molecule has 0 saturated carbocycles. The van der Waals surface area contributed by atoms with E-state index in [4.69, 9.17) is 4.42 Å². The van der Waals surface area contributed by atoms with Crippen LogP contribution in [-0.2, 0) is 11.3 Å². The molecule has 3 aromatic rings. The van der Waals surface area contributed by atoms with Gasteiger partial charge in [-0.2, -0.15) is 0 Å². The van der Waals surface area contributed by atoms with E-state index < -0.39 is 0 Å². The van der Waals surface area contributed by atoms with Crippen molar-refractivity contribution in [2.45, 2.75) is 51.6 Å². The van der Waals surface area contributed by atoms with Crippen LogP contribution in [0.4, 0.5) is 5.69 Å². The second-order valence-corrected chi connectivity index (χ2v) is 8.66. The summed E-state index contributed by atoms with van der Waals surface area (Å²) in [6.07, 6.45) is 1.62. The maximum atomic E-state index is 12.7. The molecule has 7 heteroatoms. The second-order valence-electron chi connectivity index (χ2n) is 7.36. The molecular weight excluding hydrogens is 372 g/mol. The Balaban J connectivity index is 1.78. The van der Waals surface area contributed by atoms with Gasteiger partial charge in [0.2, 0.25) is 5.91 Å². The number of hydrogen-bond donors (Lipinski definition) is 1. The number of carbonyl (C=O) groups is 1. The van der Waals surface area contributed by atoms with Crippen LogP contribution in [0.25, 0.3) is 11.6 Å². The first kappa shape index (κ1) is 20.2. The number of benzene rings is 1. The third kappa shape index (κ3) is 4.65. The van der Waals surface area contributed by atoms with Gasteiger partial charge in [-0.3, -0.25) is 9.36 Å². The zero-order valence-electron chi connectivity index (χ0n) is 16.9. The SMILES string of the molecule is Cc1ccc(C)c(NC(=O)C(C)Sc2nnc(-c3ccco3)n2CC(C)C)c1. The Hall–Kier alpha value is -2.54. The average molecular weight is 399 g/mol. The summed E-state index contributed by atoms with van der Waals surface area (Å²) >= 11 is 1.40. The number of hydrogen-bond acceptors (Lipinski definition) is 5. The van der Waals surface area contributed by atoms with E-state index in [1.165, 1.54) is 11.8 Å². The van der Waals surface area contributed by atoms with Gasteiger partial charge in [0, 0.05) is 12.2 Å². The van der Waals surface area contributed by atoms with Gasteiger partial charge in [0.15, 0.2) is 16.7 Å². The number of rotatable bonds is 7. The van der Waals surface area contributed by atoms with Crippen LogP contribution in [0.2, 0.25) is 0 Å². The summed E-state index contributed by atoms with van der Waals surface area (Å²) in [5, 5.41) is 12.0. The Kier molecular flexibility index (Phi) is 6.24. The zero-order chi connectivity index (χ0) is 20.3. The summed E-state index contributed by atoms with van der Waals surface area (Å²) in [5.41, 5.74) is 3.00. The van der Waals surface area contributed by atoms with E-state index in [-0.39, 0.29) is 11.2 Å². The van der Waals surface area contributed by atoms with E-state index in [9.17, 15) is 4.79 Å². The summed E-state index contributed by atoms with van der Waals surface area (Å²) in [7, 11) is 0. The van der Waals surface area contributed by atoms with Crippen molar-refractivity contribution in [3.05, 3.63) is 47.7 Å². The molecular formula is C21H26N4O2S.